The Balaban J connectivity index is 2.01. The van der Waals surface area contributed by atoms with E-state index >= 15 is 0 Å². The van der Waals surface area contributed by atoms with Crippen LogP contribution in [-0.4, -0.2) is 46.9 Å². The van der Waals surface area contributed by atoms with Crippen LogP contribution in [0.15, 0.2) is 35.5 Å². The average molecular weight is 374 g/mol. The highest BCUT2D eigenvalue weighted by Crippen LogP contribution is 2.41. The van der Waals surface area contributed by atoms with Crippen molar-refractivity contribution in [3.05, 3.63) is 35.9 Å². The first kappa shape index (κ1) is 20.2. The maximum absolute atomic E-state index is 6.13. The topological polar surface area (TPSA) is 37.3 Å². The molecule has 1 fully saturated rings. The van der Waals surface area contributed by atoms with E-state index in [0.717, 1.165) is 56.5 Å². The van der Waals surface area contributed by atoms with Crippen molar-refractivity contribution in [2.45, 2.75) is 83.6 Å². The molecule has 2 heterocycles. The molecule has 0 N–H and O–H groups in total. The van der Waals surface area contributed by atoms with E-state index in [9.17, 15) is 0 Å². The highest BCUT2D eigenvalue weighted by atomic mass is 16.7. The second-order valence-electron chi connectivity index (χ2n) is 7.91. The Hall–Kier alpha value is -1.59. The Morgan fingerprint density at radius 1 is 1.22 bits per heavy atom. The normalized spacial score (nSPS) is 26.3. The van der Waals surface area contributed by atoms with Gasteiger partial charge in [0.25, 0.3) is 0 Å². The molecule has 27 heavy (non-hydrogen) atoms. The molecule has 0 aromatic heterocycles. The number of benzene rings is 1. The van der Waals surface area contributed by atoms with E-state index in [1.165, 1.54) is 0 Å². The number of methoxy groups -OCH3 is 1. The maximum atomic E-state index is 6.13. The van der Waals surface area contributed by atoms with E-state index in [2.05, 4.69) is 67.1 Å². The predicted molar refractivity (Wildman–Crippen MR) is 109 cm³/mol. The van der Waals surface area contributed by atoms with Gasteiger partial charge in [-0.3, -0.25) is 0 Å². The third-order valence-corrected chi connectivity index (χ3v) is 6.42. The lowest BCUT2D eigenvalue weighted by Crippen LogP contribution is -2.62. The summed E-state index contributed by atoms with van der Waals surface area (Å²) in [6.45, 7) is 9.84. The molecule has 3 rings (SSSR count). The van der Waals surface area contributed by atoms with Gasteiger partial charge in [-0.1, -0.05) is 62.7 Å². The zero-order chi connectivity index (χ0) is 19.5. The van der Waals surface area contributed by atoms with E-state index in [0.29, 0.717) is 6.04 Å². The van der Waals surface area contributed by atoms with Crippen molar-refractivity contribution < 1.29 is 9.57 Å². The Morgan fingerprint density at radius 3 is 2.52 bits per heavy atom. The molecule has 2 atom stereocenters. The monoisotopic (exact) mass is 373 g/mol. The van der Waals surface area contributed by atoms with Gasteiger partial charge in [-0.2, -0.15) is 0 Å². The van der Waals surface area contributed by atoms with Crippen molar-refractivity contribution >= 4 is 5.84 Å². The SMILES string of the molecule is CCC[C@]1(C)ON=C(c2ccccc2)N1N1CCC[C@H]1C(CC)(CC)OC. The van der Waals surface area contributed by atoms with Crippen LogP contribution in [-0.2, 0) is 9.57 Å². The molecule has 150 valence electrons. The number of ether oxygens (including phenoxy) is 1. The van der Waals surface area contributed by atoms with Gasteiger partial charge in [0.15, 0.2) is 5.84 Å². The van der Waals surface area contributed by atoms with Crippen molar-refractivity contribution in [3.8, 4) is 0 Å². The van der Waals surface area contributed by atoms with Crippen LogP contribution in [0, 0.1) is 0 Å². The average Bonchev–Trinajstić information content (AvgIpc) is 3.29. The highest BCUT2D eigenvalue weighted by molar-refractivity contribution is 5.99. The Labute approximate surface area is 164 Å². The van der Waals surface area contributed by atoms with Crippen molar-refractivity contribution in [3.63, 3.8) is 0 Å². The fourth-order valence-electron chi connectivity index (χ4n) is 4.89. The van der Waals surface area contributed by atoms with Gasteiger partial charge in [-0.15, -0.1) is 0 Å². The van der Waals surface area contributed by atoms with Gasteiger partial charge in [0.2, 0.25) is 5.72 Å². The summed E-state index contributed by atoms with van der Waals surface area (Å²) < 4.78 is 6.13. The number of hydrogen-bond acceptors (Lipinski definition) is 5. The first-order valence-electron chi connectivity index (χ1n) is 10.5. The van der Waals surface area contributed by atoms with E-state index < -0.39 is 5.72 Å². The van der Waals surface area contributed by atoms with E-state index in [1.807, 2.05) is 13.2 Å². The minimum Gasteiger partial charge on any atom is -0.377 e. The molecule has 0 saturated carbocycles. The quantitative estimate of drug-likeness (QED) is 0.657. The number of amidine groups is 1. The van der Waals surface area contributed by atoms with Crippen LogP contribution in [0.3, 0.4) is 0 Å². The maximum Gasteiger partial charge on any atom is 0.222 e. The van der Waals surface area contributed by atoms with Gasteiger partial charge >= 0.3 is 0 Å². The first-order chi connectivity index (χ1) is 13.0. The van der Waals surface area contributed by atoms with Crippen molar-refractivity contribution in [2.24, 2.45) is 5.16 Å². The third kappa shape index (κ3) is 3.47. The van der Waals surface area contributed by atoms with E-state index in [4.69, 9.17) is 9.57 Å². The molecule has 1 aromatic carbocycles. The van der Waals surface area contributed by atoms with Crippen LogP contribution in [0.25, 0.3) is 0 Å². The molecule has 0 bridgehead atoms. The summed E-state index contributed by atoms with van der Waals surface area (Å²) in [6.07, 6.45) is 6.26. The van der Waals surface area contributed by atoms with Crippen molar-refractivity contribution in [1.29, 1.82) is 0 Å². The largest absolute Gasteiger partial charge is 0.377 e. The lowest BCUT2D eigenvalue weighted by atomic mass is 9.87. The molecule has 0 spiro atoms. The van der Waals surface area contributed by atoms with Crippen molar-refractivity contribution in [1.82, 2.24) is 10.0 Å². The lowest BCUT2D eigenvalue weighted by Gasteiger charge is -2.48. The number of hydrazine groups is 1. The summed E-state index contributed by atoms with van der Waals surface area (Å²) in [4.78, 5) is 6.07. The van der Waals surface area contributed by atoms with Gasteiger partial charge in [0.1, 0.15) is 0 Å². The van der Waals surface area contributed by atoms with Crippen LogP contribution in [0.5, 0.6) is 0 Å². The minimum atomic E-state index is -0.455. The molecule has 5 nitrogen and oxygen atoms in total. The van der Waals surface area contributed by atoms with Crippen LogP contribution in [0.1, 0.15) is 71.8 Å². The van der Waals surface area contributed by atoms with E-state index in [-0.39, 0.29) is 5.60 Å². The summed E-state index contributed by atoms with van der Waals surface area (Å²) in [6, 6.07) is 10.7. The summed E-state index contributed by atoms with van der Waals surface area (Å²) in [7, 11) is 1.86. The summed E-state index contributed by atoms with van der Waals surface area (Å²) in [5.41, 5.74) is 0.497. The number of rotatable bonds is 8. The number of hydrogen-bond donors (Lipinski definition) is 0. The fourth-order valence-corrected chi connectivity index (χ4v) is 4.89. The molecular weight excluding hydrogens is 338 g/mol. The zero-order valence-corrected chi connectivity index (χ0v) is 17.6. The Kier molecular flexibility index (Phi) is 6.11. The molecule has 0 aliphatic carbocycles. The summed E-state index contributed by atoms with van der Waals surface area (Å²) in [5.74, 6) is 0.913. The van der Waals surface area contributed by atoms with Crippen LogP contribution >= 0.6 is 0 Å². The third-order valence-electron chi connectivity index (χ3n) is 6.42. The Morgan fingerprint density at radius 2 is 1.93 bits per heavy atom. The summed E-state index contributed by atoms with van der Waals surface area (Å²) >= 11 is 0. The van der Waals surface area contributed by atoms with Gasteiger partial charge in [-0.05, 0) is 32.6 Å². The van der Waals surface area contributed by atoms with Crippen LogP contribution in [0.2, 0.25) is 0 Å². The zero-order valence-electron chi connectivity index (χ0n) is 17.6. The second-order valence-corrected chi connectivity index (χ2v) is 7.91. The smallest absolute Gasteiger partial charge is 0.222 e. The van der Waals surface area contributed by atoms with Gasteiger partial charge in [-0.25, -0.2) is 10.0 Å². The van der Waals surface area contributed by atoms with Gasteiger partial charge < -0.3 is 9.57 Å². The number of nitrogens with zero attached hydrogens (tertiary/aromatic N) is 3. The summed E-state index contributed by atoms with van der Waals surface area (Å²) in [5, 5.41) is 9.38. The molecule has 1 saturated heterocycles. The molecule has 0 unspecified atom stereocenters. The van der Waals surface area contributed by atoms with Gasteiger partial charge in [0, 0.05) is 25.6 Å². The number of oxime groups is 1. The fraction of sp³-hybridized carbons (Fsp3) is 0.682. The van der Waals surface area contributed by atoms with Crippen molar-refractivity contribution in [2.75, 3.05) is 13.7 Å². The van der Waals surface area contributed by atoms with Gasteiger partial charge in [0.05, 0.1) is 11.6 Å². The molecule has 1 aromatic rings. The lowest BCUT2D eigenvalue weighted by molar-refractivity contribution is -0.198. The van der Waals surface area contributed by atoms with E-state index in [1.54, 1.807) is 0 Å². The molecule has 2 aliphatic rings. The molecule has 0 amide bonds. The first-order valence-corrected chi connectivity index (χ1v) is 10.5. The molecular formula is C22H35N3O2. The molecule has 5 heteroatoms. The Bertz CT molecular complexity index is 636. The molecule has 2 aliphatic heterocycles. The second kappa shape index (κ2) is 8.19. The molecule has 0 radical (unpaired) electrons. The minimum absolute atomic E-state index is 0.145. The van der Waals surface area contributed by atoms with Crippen LogP contribution in [0.4, 0.5) is 0 Å². The highest BCUT2D eigenvalue weighted by Gasteiger charge is 2.52. The predicted octanol–water partition coefficient (Wildman–Crippen LogP) is 4.78. The van der Waals surface area contributed by atoms with Crippen LogP contribution < -0.4 is 0 Å². The standard InChI is InChI=1S/C22H35N3O2/c1-6-16-21(4)25(20(23-27-21)18-13-10-9-11-14-18)24-17-12-15-19(24)22(7-2,8-3)26-5/h9-11,13-14,19H,6-8,12,15-17H2,1-5H3/t19-,21-/m0/s1.